The smallest absolute Gasteiger partial charge is 0.223 e. The van der Waals surface area contributed by atoms with Gasteiger partial charge in [-0.15, -0.1) is 0 Å². The standard InChI is InChI=1S/C11H9BrClN3O/c1-2-10-15-9(12)4-11(16-10)17-8-3-7(13)5-14-6-8/h3-6H,2H2,1H3. The van der Waals surface area contributed by atoms with Crippen LogP contribution in [0.25, 0.3) is 0 Å². The summed E-state index contributed by atoms with van der Waals surface area (Å²) in [5.74, 6) is 1.72. The molecule has 88 valence electrons. The number of hydrogen-bond acceptors (Lipinski definition) is 4. The Hall–Kier alpha value is -1.20. The number of aryl methyl sites for hydroxylation is 1. The first-order valence-electron chi connectivity index (χ1n) is 4.99. The third-order valence-corrected chi connectivity index (χ3v) is 2.55. The van der Waals surface area contributed by atoms with Crippen molar-refractivity contribution in [1.29, 1.82) is 0 Å². The van der Waals surface area contributed by atoms with E-state index in [2.05, 4.69) is 30.9 Å². The lowest BCUT2D eigenvalue weighted by molar-refractivity contribution is 0.456. The SMILES string of the molecule is CCc1nc(Br)cc(Oc2cncc(Cl)c2)n1. The van der Waals surface area contributed by atoms with Gasteiger partial charge in [-0.2, -0.15) is 4.98 Å². The van der Waals surface area contributed by atoms with Crippen molar-refractivity contribution in [2.24, 2.45) is 0 Å². The molecule has 0 fully saturated rings. The summed E-state index contributed by atoms with van der Waals surface area (Å²) < 4.78 is 6.24. The van der Waals surface area contributed by atoms with Crippen molar-refractivity contribution >= 4 is 27.5 Å². The van der Waals surface area contributed by atoms with E-state index in [1.807, 2.05) is 6.92 Å². The number of rotatable bonds is 3. The van der Waals surface area contributed by atoms with E-state index in [9.17, 15) is 0 Å². The van der Waals surface area contributed by atoms with E-state index in [4.69, 9.17) is 16.3 Å². The maximum Gasteiger partial charge on any atom is 0.223 e. The third-order valence-electron chi connectivity index (χ3n) is 1.94. The fourth-order valence-electron chi connectivity index (χ4n) is 1.22. The van der Waals surface area contributed by atoms with E-state index >= 15 is 0 Å². The van der Waals surface area contributed by atoms with E-state index < -0.39 is 0 Å². The van der Waals surface area contributed by atoms with Gasteiger partial charge >= 0.3 is 0 Å². The average Bonchev–Trinajstić information content (AvgIpc) is 2.28. The zero-order valence-corrected chi connectivity index (χ0v) is 11.4. The number of halogens is 2. The third kappa shape index (κ3) is 3.38. The fourth-order valence-corrected chi connectivity index (χ4v) is 1.79. The highest BCUT2D eigenvalue weighted by Crippen LogP contribution is 2.23. The molecule has 2 heterocycles. The van der Waals surface area contributed by atoms with Crippen molar-refractivity contribution in [3.05, 3.63) is 40.0 Å². The van der Waals surface area contributed by atoms with Gasteiger partial charge in [0.1, 0.15) is 16.2 Å². The molecule has 4 nitrogen and oxygen atoms in total. The first kappa shape index (κ1) is 12.3. The Morgan fingerprint density at radius 2 is 2.12 bits per heavy atom. The normalized spacial score (nSPS) is 10.3. The molecule has 0 radical (unpaired) electrons. The number of pyridine rings is 1. The minimum Gasteiger partial charge on any atom is -0.437 e. The Kier molecular flexibility index (Phi) is 3.91. The highest BCUT2D eigenvalue weighted by atomic mass is 79.9. The zero-order valence-electron chi connectivity index (χ0n) is 9.02. The maximum absolute atomic E-state index is 5.82. The molecule has 0 aliphatic heterocycles. The van der Waals surface area contributed by atoms with Gasteiger partial charge in [0, 0.05) is 24.8 Å². The second-order valence-electron chi connectivity index (χ2n) is 3.24. The van der Waals surface area contributed by atoms with Crippen molar-refractivity contribution in [2.45, 2.75) is 13.3 Å². The summed E-state index contributed by atoms with van der Waals surface area (Å²) in [6.07, 6.45) is 3.86. The van der Waals surface area contributed by atoms with Gasteiger partial charge in [-0.25, -0.2) is 4.98 Å². The van der Waals surface area contributed by atoms with E-state index in [1.54, 1.807) is 24.5 Å². The average molecular weight is 315 g/mol. The van der Waals surface area contributed by atoms with Gasteiger partial charge in [0.2, 0.25) is 5.88 Å². The number of ether oxygens (including phenoxy) is 1. The van der Waals surface area contributed by atoms with E-state index in [0.717, 1.165) is 6.42 Å². The zero-order chi connectivity index (χ0) is 12.3. The molecule has 0 unspecified atom stereocenters. The molecule has 2 aromatic rings. The van der Waals surface area contributed by atoms with Crippen LogP contribution in [0.15, 0.2) is 29.1 Å². The monoisotopic (exact) mass is 313 g/mol. The van der Waals surface area contributed by atoms with Gasteiger partial charge in [-0.05, 0) is 15.9 Å². The van der Waals surface area contributed by atoms with Crippen LogP contribution < -0.4 is 4.74 Å². The van der Waals surface area contributed by atoms with Gasteiger partial charge in [-0.1, -0.05) is 18.5 Å². The Labute approximate surface area is 112 Å². The molecular weight excluding hydrogens is 305 g/mol. The molecule has 0 aliphatic rings. The number of nitrogens with zero attached hydrogens (tertiary/aromatic N) is 3. The number of aromatic nitrogens is 3. The van der Waals surface area contributed by atoms with Crippen LogP contribution in [-0.2, 0) is 6.42 Å². The predicted molar refractivity (Wildman–Crippen MR) is 68.4 cm³/mol. The molecule has 0 amide bonds. The van der Waals surface area contributed by atoms with Crippen LogP contribution in [0.3, 0.4) is 0 Å². The first-order chi connectivity index (χ1) is 8.17. The second-order valence-corrected chi connectivity index (χ2v) is 4.49. The quantitative estimate of drug-likeness (QED) is 0.812. The molecule has 0 saturated carbocycles. The summed E-state index contributed by atoms with van der Waals surface area (Å²) in [6.45, 7) is 1.98. The second kappa shape index (κ2) is 5.42. The molecule has 0 atom stereocenters. The van der Waals surface area contributed by atoms with Gasteiger partial charge in [0.15, 0.2) is 0 Å². The Bertz CT molecular complexity index is 536. The molecule has 2 rings (SSSR count). The minimum absolute atomic E-state index is 0.466. The van der Waals surface area contributed by atoms with Gasteiger partial charge in [0.25, 0.3) is 0 Å². The molecule has 17 heavy (non-hydrogen) atoms. The molecule has 6 heteroatoms. The highest BCUT2D eigenvalue weighted by molar-refractivity contribution is 9.10. The Morgan fingerprint density at radius 1 is 1.29 bits per heavy atom. The largest absolute Gasteiger partial charge is 0.437 e. The molecule has 0 spiro atoms. The first-order valence-corrected chi connectivity index (χ1v) is 6.16. The van der Waals surface area contributed by atoms with Crippen molar-refractivity contribution in [1.82, 2.24) is 15.0 Å². The molecule has 2 aromatic heterocycles. The summed E-state index contributed by atoms with van der Waals surface area (Å²) in [5.41, 5.74) is 0. The molecule has 0 saturated heterocycles. The minimum atomic E-state index is 0.466. The molecule has 0 bridgehead atoms. The van der Waals surface area contributed by atoms with E-state index in [-0.39, 0.29) is 0 Å². The van der Waals surface area contributed by atoms with Gasteiger partial charge in [0.05, 0.1) is 11.2 Å². The molecule has 0 aliphatic carbocycles. The fraction of sp³-hybridized carbons (Fsp3) is 0.182. The van der Waals surface area contributed by atoms with Crippen LogP contribution in [0.4, 0.5) is 0 Å². The highest BCUT2D eigenvalue weighted by Gasteiger charge is 2.04. The molecule has 0 N–H and O–H groups in total. The van der Waals surface area contributed by atoms with E-state index in [1.165, 1.54) is 0 Å². The maximum atomic E-state index is 5.82. The van der Waals surface area contributed by atoms with Gasteiger partial charge < -0.3 is 4.74 Å². The van der Waals surface area contributed by atoms with Crippen molar-refractivity contribution in [2.75, 3.05) is 0 Å². The van der Waals surface area contributed by atoms with Crippen LogP contribution in [0.1, 0.15) is 12.7 Å². The van der Waals surface area contributed by atoms with Gasteiger partial charge in [-0.3, -0.25) is 4.98 Å². The Morgan fingerprint density at radius 3 is 2.82 bits per heavy atom. The van der Waals surface area contributed by atoms with Crippen LogP contribution in [0.5, 0.6) is 11.6 Å². The van der Waals surface area contributed by atoms with E-state index in [0.29, 0.717) is 27.1 Å². The molecule has 0 aromatic carbocycles. The topological polar surface area (TPSA) is 47.9 Å². The van der Waals surface area contributed by atoms with Crippen molar-refractivity contribution in [3.63, 3.8) is 0 Å². The summed E-state index contributed by atoms with van der Waals surface area (Å²) >= 11 is 9.13. The Balaban J connectivity index is 2.26. The lowest BCUT2D eigenvalue weighted by Gasteiger charge is -2.06. The van der Waals surface area contributed by atoms with Crippen LogP contribution in [0.2, 0.25) is 5.02 Å². The van der Waals surface area contributed by atoms with Crippen LogP contribution >= 0.6 is 27.5 Å². The lowest BCUT2D eigenvalue weighted by atomic mass is 10.4. The van der Waals surface area contributed by atoms with Crippen LogP contribution in [-0.4, -0.2) is 15.0 Å². The summed E-state index contributed by atoms with van der Waals surface area (Å²) in [5, 5.41) is 0.520. The summed E-state index contributed by atoms with van der Waals surface area (Å²) in [7, 11) is 0. The van der Waals surface area contributed by atoms with Crippen molar-refractivity contribution in [3.8, 4) is 11.6 Å². The van der Waals surface area contributed by atoms with Crippen LogP contribution in [0, 0.1) is 0 Å². The molecular formula is C11H9BrClN3O. The lowest BCUT2D eigenvalue weighted by Crippen LogP contribution is -1.96. The summed E-state index contributed by atoms with van der Waals surface area (Å²) in [4.78, 5) is 12.4. The summed E-state index contributed by atoms with van der Waals surface area (Å²) in [6, 6.07) is 3.37. The predicted octanol–water partition coefficient (Wildman–Crippen LogP) is 3.64. The van der Waals surface area contributed by atoms with Crippen molar-refractivity contribution < 1.29 is 4.74 Å². The number of hydrogen-bond donors (Lipinski definition) is 0.